The maximum Gasteiger partial charge on any atom is 0.306 e. The second kappa shape index (κ2) is 14.9. The number of carbonyl (C=O) groups is 2. The number of allylic oxidation sites excluding steroid dienone is 5. The van der Waals surface area contributed by atoms with Gasteiger partial charge in [0.15, 0.2) is 5.78 Å². The molecule has 0 bridgehead atoms. The number of aliphatic hydroxyl groups excluding tert-OH is 1. The topological polar surface area (TPSA) is 81.1 Å². The quantitative estimate of drug-likeness (QED) is 0.234. The van der Waals surface area contributed by atoms with E-state index in [-0.39, 0.29) is 39.3 Å². The van der Waals surface area contributed by atoms with Gasteiger partial charge in [-0.1, -0.05) is 96.0 Å². The molecule has 308 valence electrons. The van der Waals surface area contributed by atoms with Crippen molar-refractivity contribution in [2.75, 3.05) is 33.7 Å². The number of aliphatic hydroxyl groups is 1. The number of hydrogen-bond acceptors (Lipinski definition) is 5. The summed E-state index contributed by atoms with van der Waals surface area (Å²) < 4.78 is 0. The van der Waals surface area contributed by atoms with Gasteiger partial charge in [-0.15, -0.1) is 0 Å². The standard InChI is InChI=1S/C50H74N2O4/c1-32(2)43-39(53)29-50(42(54)31-52(28-27-51(9)10)30-34-13-11-33(3)12-14-34)26-25-48(7)38(44(43)50)19-20-41-47(6)23-21-37(35-15-17-36(18-16-35)45(55)56)46(4,5)40(47)22-24-49(41,48)8/h11-15,21,32,36,38,40-42,54H,16-20,22-31H2,1-10H3,(H,55,56)/t36?,38-,40+,41-,42?,47+,48-,49-,50+/m1/s1. The molecule has 3 saturated carbocycles. The van der Waals surface area contributed by atoms with E-state index in [1.54, 1.807) is 0 Å². The second-order valence-electron chi connectivity index (χ2n) is 21.5. The molecule has 0 saturated heterocycles. The summed E-state index contributed by atoms with van der Waals surface area (Å²) in [6.07, 6.45) is 14.6. The van der Waals surface area contributed by atoms with Crippen LogP contribution >= 0.6 is 0 Å². The summed E-state index contributed by atoms with van der Waals surface area (Å²) in [5.41, 5.74) is 7.71. The number of ketones is 1. The molecule has 0 amide bonds. The van der Waals surface area contributed by atoms with E-state index in [4.69, 9.17) is 0 Å². The summed E-state index contributed by atoms with van der Waals surface area (Å²) >= 11 is 0. The molecule has 7 rings (SSSR count). The fourth-order valence-corrected chi connectivity index (χ4v) is 14.5. The average Bonchev–Trinajstić information content (AvgIpc) is 3.45. The number of rotatable bonds is 11. The van der Waals surface area contributed by atoms with E-state index in [0.717, 1.165) is 63.7 Å². The van der Waals surface area contributed by atoms with Gasteiger partial charge >= 0.3 is 5.97 Å². The lowest BCUT2D eigenvalue weighted by Crippen LogP contribution is -2.65. The first kappa shape index (κ1) is 41.6. The van der Waals surface area contributed by atoms with Crippen molar-refractivity contribution in [3.63, 3.8) is 0 Å². The number of nitrogens with zero attached hydrogens (tertiary/aromatic N) is 2. The van der Waals surface area contributed by atoms with Crippen molar-refractivity contribution >= 4 is 11.8 Å². The molecule has 1 aromatic carbocycles. The van der Waals surface area contributed by atoms with Gasteiger partial charge in [-0.25, -0.2) is 0 Å². The molecule has 6 nitrogen and oxygen atoms in total. The predicted octanol–water partition coefficient (Wildman–Crippen LogP) is 10.0. The van der Waals surface area contributed by atoms with Gasteiger partial charge in [-0.05, 0) is 153 Å². The van der Waals surface area contributed by atoms with E-state index in [0.29, 0.717) is 37.1 Å². The maximum atomic E-state index is 14.4. The molecule has 2 N–H and O–H groups in total. The molecule has 0 spiro atoms. The smallest absolute Gasteiger partial charge is 0.306 e. The van der Waals surface area contributed by atoms with Crippen LogP contribution in [-0.4, -0.2) is 71.6 Å². The van der Waals surface area contributed by atoms with Crippen LogP contribution in [0.5, 0.6) is 0 Å². The minimum absolute atomic E-state index is 0.0298. The molecule has 0 aromatic heterocycles. The Morgan fingerprint density at radius 1 is 0.893 bits per heavy atom. The number of carboxylic acids is 1. The van der Waals surface area contributed by atoms with Crippen LogP contribution in [0.3, 0.4) is 0 Å². The number of fused-ring (bicyclic) bond motifs is 7. The van der Waals surface area contributed by atoms with Gasteiger partial charge in [-0.2, -0.15) is 0 Å². The monoisotopic (exact) mass is 767 g/mol. The average molecular weight is 767 g/mol. The van der Waals surface area contributed by atoms with Crippen LogP contribution in [0.15, 0.2) is 58.7 Å². The van der Waals surface area contributed by atoms with Gasteiger partial charge in [0.25, 0.3) is 0 Å². The number of hydrogen-bond donors (Lipinski definition) is 2. The normalized spacial score (nSPS) is 37.1. The van der Waals surface area contributed by atoms with Crippen molar-refractivity contribution in [3.8, 4) is 0 Å². The molecular formula is C50H74N2O4. The zero-order valence-electron chi connectivity index (χ0n) is 36.6. The molecule has 6 aliphatic carbocycles. The highest BCUT2D eigenvalue weighted by atomic mass is 16.4. The lowest BCUT2D eigenvalue weighted by molar-refractivity contribution is -0.202. The molecular weight excluding hydrogens is 693 g/mol. The van der Waals surface area contributed by atoms with E-state index in [2.05, 4.69) is 116 Å². The van der Waals surface area contributed by atoms with Crippen LogP contribution in [0.1, 0.15) is 130 Å². The Hall–Kier alpha value is -2.54. The second-order valence-corrected chi connectivity index (χ2v) is 21.5. The van der Waals surface area contributed by atoms with Crippen LogP contribution in [0, 0.1) is 63.6 Å². The molecule has 0 heterocycles. The summed E-state index contributed by atoms with van der Waals surface area (Å²) in [7, 11) is 4.24. The molecule has 1 aromatic rings. The van der Waals surface area contributed by atoms with Crippen molar-refractivity contribution in [1.82, 2.24) is 9.80 Å². The number of aryl methyl sites for hydroxylation is 1. The number of carbonyl (C=O) groups excluding carboxylic acids is 1. The summed E-state index contributed by atoms with van der Waals surface area (Å²) in [6, 6.07) is 8.81. The van der Waals surface area contributed by atoms with Gasteiger partial charge in [-0.3, -0.25) is 14.5 Å². The third kappa shape index (κ3) is 6.64. The molecule has 6 aliphatic rings. The number of carboxylic acid groups (broad SMARTS) is 1. The van der Waals surface area contributed by atoms with Crippen molar-refractivity contribution in [2.45, 2.75) is 139 Å². The van der Waals surface area contributed by atoms with E-state index in [1.165, 1.54) is 47.1 Å². The van der Waals surface area contributed by atoms with Crippen LogP contribution in [-0.2, 0) is 16.1 Å². The first-order valence-corrected chi connectivity index (χ1v) is 22.3. The fraction of sp³-hybridized carbons (Fsp3) is 0.720. The molecule has 9 atom stereocenters. The third-order valence-corrected chi connectivity index (χ3v) is 17.6. The largest absolute Gasteiger partial charge is 0.481 e. The van der Waals surface area contributed by atoms with Crippen LogP contribution < -0.4 is 0 Å². The highest BCUT2D eigenvalue weighted by Gasteiger charge is 2.70. The Morgan fingerprint density at radius 3 is 2.23 bits per heavy atom. The van der Waals surface area contributed by atoms with Crippen LogP contribution in [0.25, 0.3) is 0 Å². The maximum absolute atomic E-state index is 14.4. The molecule has 2 unspecified atom stereocenters. The van der Waals surface area contributed by atoms with Gasteiger partial charge in [0.2, 0.25) is 0 Å². The molecule has 0 aliphatic heterocycles. The lowest BCUT2D eigenvalue weighted by atomic mass is 9.33. The molecule has 6 heteroatoms. The van der Waals surface area contributed by atoms with Crippen molar-refractivity contribution < 1.29 is 19.8 Å². The minimum atomic E-state index is -0.659. The Balaban J connectivity index is 1.20. The summed E-state index contributed by atoms with van der Waals surface area (Å²) in [6.45, 7) is 22.6. The Labute approximate surface area is 339 Å². The first-order chi connectivity index (χ1) is 26.3. The summed E-state index contributed by atoms with van der Waals surface area (Å²) in [4.78, 5) is 30.8. The zero-order chi connectivity index (χ0) is 40.6. The van der Waals surface area contributed by atoms with Gasteiger partial charge in [0.05, 0.1) is 12.0 Å². The molecule has 0 radical (unpaired) electrons. The van der Waals surface area contributed by atoms with Crippen LogP contribution in [0.2, 0.25) is 0 Å². The van der Waals surface area contributed by atoms with Crippen molar-refractivity contribution in [2.24, 2.45) is 56.7 Å². The predicted molar refractivity (Wildman–Crippen MR) is 227 cm³/mol. The van der Waals surface area contributed by atoms with Gasteiger partial charge < -0.3 is 15.1 Å². The highest BCUT2D eigenvalue weighted by Crippen LogP contribution is 2.77. The molecule has 56 heavy (non-hydrogen) atoms. The molecule has 3 fully saturated rings. The third-order valence-electron chi connectivity index (χ3n) is 17.6. The summed E-state index contributed by atoms with van der Waals surface area (Å²) in [5, 5.41) is 22.4. The van der Waals surface area contributed by atoms with Gasteiger partial charge in [0.1, 0.15) is 0 Å². The SMILES string of the molecule is Cc1ccc(CN(CCN(C)C)CC(O)[C@@]23CC[C@]4(C)[C@H](CC[C@@H]5[C@@]6(C)CC=C(C7=CCC(C(=O)O)CC7)C(C)(C)[C@@H]6CC[C@]54C)C2=C(C(C)C)C(=O)C3)cc1. The fourth-order valence-electron chi connectivity index (χ4n) is 14.5. The van der Waals surface area contributed by atoms with Crippen LogP contribution in [0.4, 0.5) is 0 Å². The Kier molecular flexibility index (Phi) is 11.1. The van der Waals surface area contributed by atoms with E-state index < -0.39 is 17.5 Å². The first-order valence-electron chi connectivity index (χ1n) is 22.3. The Bertz CT molecular complexity index is 1790. The van der Waals surface area contributed by atoms with E-state index in [9.17, 15) is 19.8 Å². The minimum Gasteiger partial charge on any atom is -0.481 e. The number of Topliss-reactive ketones (excluding diaryl/α,β-unsaturated/α-hetero) is 1. The lowest BCUT2D eigenvalue weighted by Gasteiger charge is -2.71. The van der Waals surface area contributed by atoms with E-state index in [1.807, 2.05) is 0 Å². The highest BCUT2D eigenvalue weighted by molar-refractivity contribution is 6.00. The number of likely N-dealkylation sites (N-methyl/N-ethyl adjacent to an activating group) is 1. The number of benzene rings is 1. The Morgan fingerprint density at radius 2 is 1.61 bits per heavy atom. The van der Waals surface area contributed by atoms with E-state index >= 15 is 0 Å². The summed E-state index contributed by atoms with van der Waals surface area (Å²) in [5.74, 6) is 0.980. The number of aliphatic carboxylic acids is 1. The van der Waals surface area contributed by atoms with Crippen molar-refractivity contribution in [1.29, 1.82) is 0 Å². The van der Waals surface area contributed by atoms with Gasteiger partial charge in [0, 0.05) is 38.0 Å². The zero-order valence-corrected chi connectivity index (χ0v) is 36.6. The van der Waals surface area contributed by atoms with Crippen molar-refractivity contribution in [3.05, 3.63) is 69.8 Å².